The highest BCUT2D eigenvalue weighted by molar-refractivity contribution is 5.91. The zero-order valence-electron chi connectivity index (χ0n) is 14.3. The number of fused-ring (bicyclic) bond motifs is 1. The molecule has 0 radical (unpaired) electrons. The molecule has 1 fully saturated rings. The van der Waals surface area contributed by atoms with Crippen LogP contribution in [0.2, 0.25) is 0 Å². The molecule has 0 aliphatic carbocycles. The monoisotopic (exact) mass is 350 g/mol. The summed E-state index contributed by atoms with van der Waals surface area (Å²) in [6.45, 7) is 1.32. The maximum Gasteiger partial charge on any atom is 0.246 e. The first-order chi connectivity index (χ1) is 12.7. The molecule has 4 nitrogen and oxygen atoms in total. The Labute approximate surface area is 150 Å². The molecule has 2 heterocycles. The van der Waals surface area contributed by atoms with Crippen LogP contribution in [0.5, 0.6) is 0 Å². The molecule has 3 aromatic rings. The molecule has 0 saturated carbocycles. The molecule has 4 rings (SSSR count). The Morgan fingerprint density at radius 2 is 1.96 bits per heavy atom. The number of piperidine rings is 1. The molecule has 1 aliphatic heterocycles. The molecular weight excluding hydrogens is 331 g/mol. The van der Waals surface area contributed by atoms with E-state index in [1.165, 1.54) is 18.2 Å². The van der Waals surface area contributed by atoms with Crippen molar-refractivity contribution in [2.75, 3.05) is 13.1 Å². The number of rotatable bonds is 3. The molecule has 1 aromatic heterocycles. The number of carbonyl (C=O) groups is 1. The Morgan fingerprint density at radius 3 is 2.73 bits per heavy atom. The standard InChI is InChI=1S/C21H19FN2O2/c22-17-5-3-4-15(14-17)8-9-20(25)24-12-10-16(11-13-24)21-23-18-6-1-2-7-19(18)26-21/h1-9,14,16H,10-13H2/b9-8+. The molecule has 26 heavy (non-hydrogen) atoms. The predicted octanol–water partition coefficient (Wildman–Crippen LogP) is 4.39. The van der Waals surface area contributed by atoms with E-state index in [1.54, 1.807) is 18.2 Å². The molecule has 0 bridgehead atoms. The van der Waals surface area contributed by atoms with E-state index in [0.717, 1.165) is 29.8 Å². The maximum atomic E-state index is 13.2. The minimum atomic E-state index is -0.307. The quantitative estimate of drug-likeness (QED) is 0.658. The third-order valence-electron chi connectivity index (χ3n) is 4.73. The highest BCUT2D eigenvalue weighted by Crippen LogP contribution is 2.30. The molecule has 1 amide bonds. The molecular formula is C21H19FN2O2. The Hall–Kier alpha value is -2.95. The fourth-order valence-electron chi connectivity index (χ4n) is 3.29. The van der Waals surface area contributed by atoms with E-state index in [0.29, 0.717) is 18.7 Å². The fraction of sp³-hybridized carbons (Fsp3) is 0.238. The van der Waals surface area contributed by atoms with Crippen molar-refractivity contribution in [2.24, 2.45) is 0 Å². The zero-order chi connectivity index (χ0) is 17.9. The second-order valence-electron chi connectivity index (χ2n) is 6.51. The van der Waals surface area contributed by atoms with Crippen LogP contribution in [0, 0.1) is 5.82 Å². The number of para-hydroxylation sites is 2. The van der Waals surface area contributed by atoms with Gasteiger partial charge < -0.3 is 9.32 Å². The molecule has 0 N–H and O–H groups in total. The van der Waals surface area contributed by atoms with Gasteiger partial charge >= 0.3 is 0 Å². The molecule has 1 saturated heterocycles. The molecule has 0 atom stereocenters. The van der Waals surface area contributed by atoms with Gasteiger partial charge in [0.05, 0.1) is 0 Å². The van der Waals surface area contributed by atoms with Crippen LogP contribution >= 0.6 is 0 Å². The topological polar surface area (TPSA) is 46.3 Å². The minimum absolute atomic E-state index is 0.0507. The van der Waals surface area contributed by atoms with Crippen LogP contribution < -0.4 is 0 Å². The number of aromatic nitrogens is 1. The Bertz CT molecular complexity index is 922. The fourth-order valence-corrected chi connectivity index (χ4v) is 3.29. The number of oxazole rings is 1. The van der Waals surface area contributed by atoms with Crippen LogP contribution in [0.1, 0.15) is 30.2 Å². The summed E-state index contributed by atoms with van der Waals surface area (Å²) in [6, 6.07) is 13.9. The Kier molecular flexibility index (Phi) is 4.52. The lowest BCUT2D eigenvalue weighted by atomic mass is 9.96. The predicted molar refractivity (Wildman–Crippen MR) is 98.0 cm³/mol. The Balaban J connectivity index is 1.37. The molecule has 0 spiro atoms. The summed E-state index contributed by atoms with van der Waals surface area (Å²) in [5, 5.41) is 0. The number of benzene rings is 2. The van der Waals surface area contributed by atoms with E-state index in [-0.39, 0.29) is 17.6 Å². The lowest BCUT2D eigenvalue weighted by Gasteiger charge is -2.29. The largest absolute Gasteiger partial charge is 0.440 e. The van der Waals surface area contributed by atoms with Gasteiger partial charge in [-0.15, -0.1) is 0 Å². The van der Waals surface area contributed by atoms with Gasteiger partial charge in [-0.2, -0.15) is 0 Å². The van der Waals surface area contributed by atoms with Gasteiger partial charge in [0.15, 0.2) is 11.5 Å². The van der Waals surface area contributed by atoms with Crippen molar-refractivity contribution >= 4 is 23.1 Å². The SMILES string of the molecule is O=C(/C=C/c1cccc(F)c1)N1CCC(c2nc3ccccc3o2)CC1. The van der Waals surface area contributed by atoms with E-state index in [4.69, 9.17) is 4.42 Å². The first-order valence-electron chi connectivity index (χ1n) is 8.77. The van der Waals surface area contributed by atoms with Gasteiger partial charge in [-0.1, -0.05) is 24.3 Å². The summed E-state index contributed by atoms with van der Waals surface area (Å²) in [4.78, 5) is 18.7. The molecule has 1 aliphatic rings. The van der Waals surface area contributed by atoms with Gasteiger partial charge in [0.2, 0.25) is 5.91 Å². The van der Waals surface area contributed by atoms with Crippen molar-refractivity contribution in [3.05, 3.63) is 71.9 Å². The summed E-state index contributed by atoms with van der Waals surface area (Å²) in [7, 11) is 0. The Morgan fingerprint density at radius 1 is 1.15 bits per heavy atom. The van der Waals surface area contributed by atoms with Crippen LogP contribution in [-0.4, -0.2) is 28.9 Å². The highest BCUT2D eigenvalue weighted by atomic mass is 19.1. The lowest BCUT2D eigenvalue weighted by molar-refractivity contribution is -0.127. The third-order valence-corrected chi connectivity index (χ3v) is 4.73. The second-order valence-corrected chi connectivity index (χ2v) is 6.51. The number of carbonyl (C=O) groups excluding carboxylic acids is 1. The van der Waals surface area contributed by atoms with Gasteiger partial charge in [-0.05, 0) is 48.7 Å². The number of halogens is 1. The highest BCUT2D eigenvalue weighted by Gasteiger charge is 2.26. The molecule has 5 heteroatoms. The number of hydrogen-bond acceptors (Lipinski definition) is 3. The summed E-state index contributed by atoms with van der Waals surface area (Å²) in [5.41, 5.74) is 2.36. The number of hydrogen-bond donors (Lipinski definition) is 0. The van der Waals surface area contributed by atoms with Crippen molar-refractivity contribution in [2.45, 2.75) is 18.8 Å². The van der Waals surface area contributed by atoms with Gasteiger partial charge in [0.25, 0.3) is 0 Å². The van der Waals surface area contributed by atoms with Crippen LogP contribution in [0.25, 0.3) is 17.2 Å². The average Bonchev–Trinajstić information content (AvgIpc) is 3.10. The van der Waals surface area contributed by atoms with Crippen LogP contribution in [0.3, 0.4) is 0 Å². The van der Waals surface area contributed by atoms with Crippen LogP contribution in [0.15, 0.2) is 59.0 Å². The van der Waals surface area contributed by atoms with Gasteiger partial charge in [-0.3, -0.25) is 4.79 Å². The number of likely N-dealkylation sites (tertiary alicyclic amines) is 1. The van der Waals surface area contributed by atoms with Crippen molar-refractivity contribution in [1.82, 2.24) is 9.88 Å². The number of amides is 1. The normalized spacial score (nSPS) is 15.8. The van der Waals surface area contributed by atoms with Crippen LogP contribution in [0.4, 0.5) is 4.39 Å². The third kappa shape index (κ3) is 3.52. The van der Waals surface area contributed by atoms with Gasteiger partial charge in [0.1, 0.15) is 11.3 Å². The van der Waals surface area contributed by atoms with E-state index in [9.17, 15) is 9.18 Å². The molecule has 0 unspecified atom stereocenters. The van der Waals surface area contributed by atoms with E-state index >= 15 is 0 Å². The summed E-state index contributed by atoms with van der Waals surface area (Å²) in [6.07, 6.45) is 4.81. The average molecular weight is 350 g/mol. The summed E-state index contributed by atoms with van der Waals surface area (Å²) < 4.78 is 19.0. The molecule has 132 valence electrons. The zero-order valence-corrected chi connectivity index (χ0v) is 14.3. The van der Waals surface area contributed by atoms with Crippen molar-refractivity contribution in [3.8, 4) is 0 Å². The first kappa shape index (κ1) is 16.5. The van der Waals surface area contributed by atoms with E-state index < -0.39 is 0 Å². The van der Waals surface area contributed by atoms with Gasteiger partial charge in [0, 0.05) is 25.1 Å². The van der Waals surface area contributed by atoms with E-state index in [2.05, 4.69) is 4.98 Å². The lowest BCUT2D eigenvalue weighted by Crippen LogP contribution is -2.36. The second kappa shape index (κ2) is 7.12. The molecule has 2 aromatic carbocycles. The van der Waals surface area contributed by atoms with Crippen molar-refractivity contribution < 1.29 is 13.6 Å². The summed E-state index contributed by atoms with van der Waals surface area (Å²) in [5.74, 6) is 0.635. The maximum absolute atomic E-state index is 13.2. The minimum Gasteiger partial charge on any atom is -0.440 e. The first-order valence-corrected chi connectivity index (χ1v) is 8.77. The van der Waals surface area contributed by atoms with Crippen molar-refractivity contribution in [1.29, 1.82) is 0 Å². The van der Waals surface area contributed by atoms with Crippen molar-refractivity contribution in [3.63, 3.8) is 0 Å². The van der Waals surface area contributed by atoms with Gasteiger partial charge in [-0.25, -0.2) is 9.37 Å². The smallest absolute Gasteiger partial charge is 0.246 e. The summed E-state index contributed by atoms with van der Waals surface area (Å²) >= 11 is 0. The van der Waals surface area contributed by atoms with E-state index in [1.807, 2.05) is 29.2 Å². The number of nitrogens with zero attached hydrogens (tertiary/aromatic N) is 2. The van der Waals surface area contributed by atoms with Crippen LogP contribution in [-0.2, 0) is 4.79 Å².